The maximum Gasteiger partial charge on any atom is 0.416 e. The highest BCUT2D eigenvalue weighted by molar-refractivity contribution is 6.38. The lowest BCUT2D eigenvalue weighted by atomic mass is 10.1. The minimum absolute atomic E-state index is 0.0266. The molecule has 0 aliphatic carbocycles. The van der Waals surface area contributed by atoms with E-state index in [1.165, 1.54) is 30.2 Å². The molecule has 3 aromatic carbocycles. The number of ether oxygens (including phenoxy) is 1. The zero-order valence-corrected chi connectivity index (χ0v) is 24.4. The van der Waals surface area contributed by atoms with Gasteiger partial charge in [-0.2, -0.15) is 13.2 Å². The number of carbonyl (C=O) groups is 2. The number of fused-ring (bicyclic) bond motifs is 1. The highest BCUT2D eigenvalue weighted by Gasteiger charge is 2.29. The van der Waals surface area contributed by atoms with Crippen LogP contribution in [-0.2, 0) is 22.4 Å². The van der Waals surface area contributed by atoms with Gasteiger partial charge in [-0.25, -0.2) is 4.98 Å². The van der Waals surface area contributed by atoms with Crippen molar-refractivity contribution in [1.82, 2.24) is 10.3 Å². The molecule has 4 rings (SSSR count). The number of amides is 2. The molecule has 11 heteroatoms. The molecule has 0 atom stereocenters. The van der Waals surface area contributed by atoms with E-state index in [1.54, 1.807) is 12.1 Å². The fourth-order valence-corrected chi connectivity index (χ4v) is 4.68. The van der Waals surface area contributed by atoms with Crippen molar-refractivity contribution in [3.8, 4) is 5.75 Å². The molecule has 0 fully saturated rings. The van der Waals surface area contributed by atoms with Crippen LogP contribution in [-0.4, -0.2) is 30.4 Å². The maximum absolute atomic E-state index is 12.8. The van der Waals surface area contributed by atoms with Crippen molar-refractivity contribution < 1.29 is 27.5 Å². The molecular formula is C31H26Cl2F3N3O3. The molecule has 42 heavy (non-hydrogen) atoms. The predicted octanol–water partition coefficient (Wildman–Crippen LogP) is 7.55. The second-order valence-electron chi connectivity index (χ2n) is 9.54. The topological polar surface area (TPSA) is 71.5 Å². The molecule has 218 valence electrons. The number of rotatable bonds is 8. The molecule has 0 aliphatic heterocycles. The number of benzene rings is 3. The monoisotopic (exact) mass is 615 g/mol. The largest absolute Gasteiger partial charge is 0.487 e. The zero-order valence-electron chi connectivity index (χ0n) is 22.9. The van der Waals surface area contributed by atoms with Gasteiger partial charge in [0.25, 0.3) is 0 Å². The molecule has 0 saturated carbocycles. The summed E-state index contributed by atoms with van der Waals surface area (Å²) >= 11 is 13.1. The molecule has 0 radical (unpaired) electrons. The molecule has 4 aromatic rings. The van der Waals surface area contributed by atoms with E-state index in [9.17, 15) is 22.8 Å². The van der Waals surface area contributed by atoms with E-state index in [0.717, 1.165) is 34.7 Å². The van der Waals surface area contributed by atoms with Crippen molar-refractivity contribution >= 4 is 57.7 Å². The van der Waals surface area contributed by atoms with Gasteiger partial charge in [0, 0.05) is 29.1 Å². The van der Waals surface area contributed by atoms with Crippen LogP contribution in [0, 0.1) is 13.8 Å². The maximum atomic E-state index is 12.8. The summed E-state index contributed by atoms with van der Waals surface area (Å²) in [7, 11) is 1.51. The lowest BCUT2D eigenvalue weighted by molar-refractivity contribution is -0.137. The number of carbonyl (C=O) groups excluding carboxylic acids is 2. The molecule has 1 N–H and O–H groups in total. The number of nitrogens with zero attached hydrogens (tertiary/aromatic N) is 2. The Hall–Kier alpha value is -4.08. The van der Waals surface area contributed by atoms with Gasteiger partial charge in [0.1, 0.15) is 12.4 Å². The molecule has 1 heterocycles. The van der Waals surface area contributed by atoms with Gasteiger partial charge < -0.3 is 15.0 Å². The minimum atomic E-state index is -4.44. The number of halogens is 5. The van der Waals surface area contributed by atoms with Crippen LogP contribution < -0.4 is 15.0 Å². The summed E-state index contributed by atoms with van der Waals surface area (Å²) in [5, 5.41) is 3.96. The van der Waals surface area contributed by atoms with Crippen molar-refractivity contribution in [3.63, 3.8) is 0 Å². The first-order valence-electron chi connectivity index (χ1n) is 12.7. The Labute approximate surface area is 250 Å². The summed E-state index contributed by atoms with van der Waals surface area (Å²) in [5.41, 5.74) is 3.09. The van der Waals surface area contributed by atoms with Crippen molar-refractivity contribution in [2.24, 2.45) is 0 Å². The molecule has 6 nitrogen and oxygen atoms in total. The Morgan fingerprint density at radius 1 is 1.02 bits per heavy atom. The van der Waals surface area contributed by atoms with E-state index in [-0.39, 0.29) is 18.2 Å². The van der Waals surface area contributed by atoms with Gasteiger partial charge in [-0.15, -0.1) is 0 Å². The van der Waals surface area contributed by atoms with Gasteiger partial charge in [-0.3, -0.25) is 9.59 Å². The summed E-state index contributed by atoms with van der Waals surface area (Å²) in [6.45, 7) is 3.51. The van der Waals surface area contributed by atoms with Crippen LogP contribution in [0.1, 0.15) is 27.9 Å². The van der Waals surface area contributed by atoms with E-state index in [4.69, 9.17) is 27.9 Å². The third kappa shape index (κ3) is 7.40. The number of aryl methyl sites for hydroxylation is 2. The van der Waals surface area contributed by atoms with Crippen LogP contribution >= 0.6 is 23.2 Å². The Bertz CT molecular complexity index is 1670. The fourth-order valence-electron chi connectivity index (χ4n) is 4.08. The van der Waals surface area contributed by atoms with E-state index in [0.29, 0.717) is 33.3 Å². The van der Waals surface area contributed by atoms with Gasteiger partial charge >= 0.3 is 6.18 Å². The Morgan fingerprint density at radius 3 is 2.43 bits per heavy atom. The minimum Gasteiger partial charge on any atom is -0.487 e. The van der Waals surface area contributed by atoms with E-state index in [2.05, 4.69) is 10.3 Å². The third-order valence-electron chi connectivity index (χ3n) is 6.47. The van der Waals surface area contributed by atoms with Crippen LogP contribution in [0.2, 0.25) is 10.0 Å². The summed E-state index contributed by atoms with van der Waals surface area (Å²) < 4.78 is 44.2. The van der Waals surface area contributed by atoms with E-state index in [1.807, 2.05) is 38.1 Å². The molecular weight excluding hydrogens is 590 g/mol. The lowest BCUT2D eigenvalue weighted by Crippen LogP contribution is -2.37. The highest BCUT2D eigenvalue weighted by Crippen LogP contribution is 2.35. The van der Waals surface area contributed by atoms with Crippen LogP contribution in [0.5, 0.6) is 5.75 Å². The molecule has 0 spiro atoms. The number of hydrogen-bond acceptors (Lipinski definition) is 4. The zero-order chi connectivity index (χ0) is 30.6. The molecule has 1 aromatic heterocycles. The molecule has 0 aliphatic rings. The number of likely N-dealkylation sites (N-methyl/N-ethyl adjacent to an activating group) is 1. The quantitative estimate of drug-likeness (QED) is 0.208. The van der Waals surface area contributed by atoms with Crippen molar-refractivity contribution in [2.45, 2.75) is 26.6 Å². The molecule has 2 amide bonds. The molecule has 0 unspecified atom stereocenters. The summed E-state index contributed by atoms with van der Waals surface area (Å²) in [4.78, 5) is 30.9. The molecule has 0 bridgehead atoms. The summed E-state index contributed by atoms with van der Waals surface area (Å²) in [6, 6.07) is 15.4. The van der Waals surface area contributed by atoms with Gasteiger partial charge in [0.05, 0.1) is 34.0 Å². The first-order chi connectivity index (χ1) is 19.8. The normalized spacial score (nSPS) is 11.6. The number of hydrogen-bond donors (Lipinski definition) is 1. The van der Waals surface area contributed by atoms with Crippen LogP contribution in [0.15, 0.2) is 66.7 Å². The highest BCUT2D eigenvalue weighted by atomic mass is 35.5. The second kappa shape index (κ2) is 12.8. The average molecular weight is 616 g/mol. The van der Waals surface area contributed by atoms with Crippen molar-refractivity contribution in [3.05, 3.63) is 105 Å². The summed E-state index contributed by atoms with van der Waals surface area (Å²) in [6.07, 6.45) is -1.97. The Kier molecular flexibility index (Phi) is 9.43. The lowest BCUT2D eigenvalue weighted by Gasteiger charge is -2.21. The predicted molar refractivity (Wildman–Crippen MR) is 159 cm³/mol. The number of anilines is 1. The van der Waals surface area contributed by atoms with E-state index >= 15 is 0 Å². The first kappa shape index (κ1) is 30.9. The number of nitrogens with one attached hydrogen (secondary N) is 1. The Balaban J connectivity index is 1.39. The van der Waals surface area contributed by atoms with Crippen molar-refractivity contribution in [2.75, 3.05) is 18.5 Å². The van der Waals surface area contributed by atoms with Crippen LogP contribution in [0.25, 0.3) is 17.0 Å². The third-order valence-corrected chi connectivity index (χ3v) is 7.24. The molecule has 0 saturated heterocycles. The first-order valence-corrected chi connectivity index (χ1v) is 13.5. The van der Waals surface area contributed by atoms with Gasteiger partial charge in [-0.1, -0.05) is 47.0 Å². The van der Waals surface area contributed by atoms with Gasteiger partial charge in [0.2, 0.25) is 11.8 Å². The summed E-state index contributed by atoms with van der Waals surface area (Å²) in [5.74, 6) is -0.489. The number of aromatic nitrogens is 1. The van der Waals surface area contributed by atoms with E-state index < -0.39 is 23.6 Å². The van der Waals surface area contributed by atoms with Crippen LogP contribution in [0.3, 0.4) is 0 Å². The second-order valence-corrected chi connectivity index (χ2v) is 10.3. The Morgan fingerprint density at radius 2 is 1.74 bits per heavy atom. The van der Waals surface area contributed by atoms with Gasteiger partial charge in [0.15, 0.2) is 0 Å². The standard InChI is InChI=1S/C31H26Cl2F3N3O3/c1-18-4-11-25-21(14-18)15-27(19(2)38-25)42-17-23-24(32)10-12-26(30(23)33)39(3)29(41)16-37-28(40)13-7-20-5-8-22(9-6-20)31(34,35)36/h4-15H,16-17H2,1-3H3,(H,37,40)/b13-7+. The van der Waals surface area contributed by atoms with Crippen molar-refractivity contribution in [1.29, 1.82) is 0 Å². The van der Waals surface area contributed by atoms with Gasteiger partial charge in [-0.05, 0) is 68.0 Å². The number of pyridine rings is 1. The smallest absolute Gasteiger partial charge is 0.416 e. The average Bonchev–Trinajstić information content (AvgIpc) is 2.94. The number of alkyl halides is 3. The van der Waals surface area contributed by atoms with Crippen LogP contribution in [0.4, 0.5) is 18.9 Å². The fraction of sp³-hybridized carbons (Fsp3) is 0.194. The SMILES string of the molecule is Cc1ccc2nc(C)c(OCc3c(Cl)ccc(N(C)C(=O)CNC(=O)/C=C/c4ccc(C(F)(F)F)cc4)c3Cl)cc2c1.